The Morgan fingerprint density at radius 2 is 1.78 bits per heavy atom. The third-order valence-electron chi connectivity index (χ3n) is 4.94. The van der Waals surface area contributed by atoms with Crippen LogP contribution >= 0.6 is 0 Å². The number of hydrogen-bond donors (Lipinski definition) is 0. The summed E-state index contributed by atoms with van der Waals surface area (Å²) in [6.07, 6.45) is 3.02. The Morgan fingerprint density at radius 3 is 2.39 bits per heavy atom. The molecule has 3 nitrogen and oxygen atoms in total. The molecule has 4 atom stereocenters. The number of rotatable bonds is 2. The maximum Gasteiger partial charge on any atom is 0.137 e. The van der Waals surface area contributed by atoms with Crippen molar-refractivity contribution in [2.24, 2.45) is 11.8 Å². The summed E-state index contributed by atoms with van der Waals surface area (Å²) in [4.78, 5) is 17.0. The molecule has 2 rings (SSSR count). The first-order valence-corrected chi connectivity index (χ1v) is 7.44. The van der Waals surface area contributed by atoms with Crippen LogP contribution in [0.2, 0.25) is 0 Å². The van der Waals surface area contributed by atoms with Crippen molar-refractivity contribution in [3.05, 3.63) is 0 Å². The molecule has 1 saturated heterocycles. The zero-order chi connectivity index (χ0) is 13.3. The number of carbonyl (C=O) groups is 1. The Balaban J connectivity index is 1.91. The fourth-order valence-electron chi connectivity index (χ4n) is 3.48. The van der Waals surface area contributed by atoms with E-state index in [2.05, 4.69) is 37.6 Å². The molecule has 2 fully saturated rings. The van der Waals surface area contributed by atoms with E-state index in [1.807, 2.05) is 0 Å². The van der Waals surface area contributed by atoms with Gasteiger partial charge in [-0.05, 0) is 39.7 Å². The van der Waals surface area contributed by atoms with Gasteiger partial charge in [0.05, 0.1) is 0 Å². The molecular weight excluding hydrogens is 224 g/mol. The average Bonchev–Trinajstić information content (AvgIpc) is 2.31. The summed E-state index contributed by atoms with van der Waals surface area (Å²) in [5, 5.41) is 0. The first-order valence-electron chi connectivity index (χ1n) is 7.44. The fraction of sp³-hybridized carbons (Fsp3) is 0.933. The maximum absolute atomic E-state index is 12.0. The molecule has 104 valence electrons. The smallest absolute Gasteiger partial charge is 0.137 e. The van der Waals surface area contributed by atoms with E-state index in [0.717, 1.165) is 44.8 Å². The Hall–Kier alpha value is -0.410. The Morgan fingerprint density at radius 1 is 1.17 bits per heavy atom. The third-order valence-corrected chi connectivity index (χ3v) is 4.94. The first kappa shape index (κ1) is 14.0. The molecule has 0 bridgehead atoms. The molecule has 1 saturated carbocycles. The van der Waals surface area contributed by atoms with Crippen molar-refractivity contribution in [3.8, 4) is 0 Å². The molecule has 0 N–H and O–H groups in total. The number of hydrogen-bond acceptors (Lipinski definition) is 3. The molecule has 1 aliphatic heterocycles. The van der Waals surface area contributed by atoms with Crippen molar-refractivity contribution < 1.29 is 4.79 Å². The summed E-state index contributed by atoms with van der Waals surface area (Å²) in [7, 11) is 2.21. The highest BCUT2D eigenvalue weighted by atomic mass is 16.1. The standard InChI is InChI=1S/C15H28N2O/c1-11-5-6-15(18)14(7-11)10-17-8-12(2)16(4)13(3)9-17/h11-14H,5-10H2,1-4H3. The number of carbonyl (C=O) groups excluding carboxylic acids is 1. The predicted octanol–water partition coefficient (Wildman–Crippen LogP) is 2.02. The highest BCUT2D eigenvalue weighted by Crippen LogP contribution is 2.27. The minimum Gasteiger partial charge on any atom is -0.300 e. The highest BCUT2D eigenvalue weighted by molar-refractivity contribution is 5.81. The molecular formula is C15H28N2O. The molecule has 18 heavy (non-hydrogen) atoms. The minimum atomic E-state index is 0.302. The maximum atomic E-state index is 12.0. The summed E-state index contributed by atoms with van der Waals surface area (Å²) < 4.78 is 0. The van der Waals surface area contributed by atoms with Crippen LogP contribution in [-0.2, 0) is 4.79 Å². The van der Waals surface area contributed by atoms with Gasteiger partial charge in [0.15, 0.2) is 0 Å². The largest absolute Gasteiger partial charge is 0.300 e. The van der Waals surface area contributed by atoms with Gasteiger partial charge in [-0.25, -0.2) is 0 Å². The lowest BCUT2D eigenvalue weighted by Crippen LogP contribution is -2.56. The van der Waals surface area contributed by atoms with Gasteiger partial charge in [0.2, 0.25) is 0 Å². The summed E-state index contributed by atoms with van der Waals surface area (Å²) in [5.41, 5.74) is 0. The van der Waals surface area contributed by atoms with Gasteiger partial charge in [-0.1, -0.05) is 6.92 Å². The number of likely N-dealkylation sites (N-methyl/N-ethyl adjacent to an activating group) is 1. The van der Waals surface area contributed by atoms with E-state index in [9.17, 15) is 4.79 Å². The second-order valence-corrected chi connectivity index (χ2v) is 6.62. The fourth-order valence-corrected chi connectivity index (χ4v) is 3.48. The van der Waals surface area contributed by atoms with Crippen LogP contribution in [0.3, 0.4) is 0 Å². The van der Waals surface area contributed by atoms with E-state index in [4.69, 9.17) is 0 Å². The van der Waals surface area contributed by atoms with Crippen molar-refractivity contribution >= 4 is 5.78 Å². The summed E-state index contributed by atoms with van der Waals surface area (Å²) >= 11 is 0. The topological polar surface area (TPSA) is 23.6 Å². The quantitative estimate of drug-likeness (QED) is 0.751. The molecule has 2 aliphatic rings. The molecule has 0 radical (unpaired) electrons. The Kier molecular flexibility index (Phi) is 4.44. The van der Waals surface area contributed by atoms with Gasteiger partial charge >= 0.3 is 0 Å². The molecule has 0 aromatic carbocycles. The van der Waals surface area contributed by atoms with Gasteiger partial charge in [-0.2, -0.15) is 0 Å². The van der Waals surface area contributed by atoms with E-state index in [-0.39, 0.29) is 0 Å². The van der Waals surface area contributed by atoms with E-state index in [0.29, 0.717) is 23.8 Å². The summed E-state index contributed by atoms with van der Waals surface area (Å²) in [6, 6.07) is 1.20. The molecule has 3 heteroatoms. The Bertz CT molecular complexity index is 293. The van der Waals surface area contributed by atoms with Gasteiger partial charge in [-0.3, -0.25) is 14.6 Å². The lowest BCUT2D eigenvalue weighted by atomic mass is 9.81. The van der Waals surface area contributed by atoms with Crippen molar-refractivity contribution in [1.82, 2.24) is 9.80 Å². The second-order valence-electron chi connectivity index (χ2n) is 6.62. The van der Waals surface area contributed by atoms with Gasteiger partial charge in [0.25, 0.3) is 0 Å². The van der Waals surface area contributed by atoms with E-state index in [1.54, 1.807) is 0 Å². The van der Waals surface area contributed by atoms with E-state index < -0.39 is 0 Å². The van der Waals surface area contributed by atoms with Crippen LogP contribution in [0.25, 0.3) is 0 Å². The van der Waals surface area contributed by atoms with Crippen LogP contribution in [0.15, 0.2) is 0 Å². The van der Waals surface area contributed by atoms with Crippen molar-refractivity contribution in [3.63, 3.8) is 0 Å². The van der Waals surface area contributed by atoms with Crippen LogP contribution in [0.5, 0.6) is 0 Å². The lowest BCUT2D eigenvalue weighted by Gasteiger charge is -2.44. The van der Waals surface area contributed by atoms with Crippen molar-refractivity contribution in [1.29, 1.82) is 0 Å². The first-order chi connectivity index (χ1) is 8.47. The number of ketones is 1. The molecule has 0 aromatic heterocycles. The summed E-state index contributed by atoms with van der Waals surface area (Å²) in [5.74, 6) is 1.54. The molecule has 1 aliphatic carbocycles. The van der Waals surface area contributed by atoms with Gasteiger partial charge in [-0.15, -0.1) is 0 Å². The van der Waals surface area contributed by atoms with Gasteiger partial charge < -0.3 is 0 Å². The molecule has 0 spiro atoms. The normalized spacial score (nSPS) is 40.1. The lowest BCUT2D eigenvalue weighted by molar-refractivity contribution is -0.126. The highest BCUT2D eigenvalue weighted by Gasteiger charge is 2.32. The zero-order valence-corrected chi connectivity index (χ0v) is 12.4. The number of piperazine rings is 1. The molecule has 0 aromatic rings. The minimum absolute atomic E-state index is 0.302. The molecule has 1 heterocycles. The SMILES string of the molecule is CC1CCC(=O)C(CN2CC(C)N(C)C(C)C2)C1. The van der Waals surface area contributed by atoms with Crippen LogP contribution < -0.4 is 0 Å². The van der Waals surface area contributed by atoms with Crippen LogP contribution in [0.1, 0.15) is 40.0 Å². The zero-order valence-electron chi connectivity index (χ0n) is 12.4. The number of Topliss-reactive ketones (excluding diaryl/α,β-unsaturated/α-hetero) is 1. The second kappa shape index (κ2) is 5.70. The van der Waals surface area contributed by atoms with Crippen molar-refractivity contribution in [2.75, 3.05) is 26.7 Å². The average molecular weight is 252 g/mol. The number of nitrogens with zero attached hydrogens (tertiary/aromatic N) is 2. The summed E-state index contributed by atoms with van der Waals surface area (Å²) in [6.45, 7) is 10.1. The van der Waals surface area contributed by atoms with Crippen LogP contribution in [0.4, 0.5) is 0 Å². The Labute approximate surface area is 112 Å². The molecule has 4 unspecified atom stereocenters. The van der Waals surface area contributed by atoms with E-state index >= 15 is 0 Å². The monoisotopic (exact) mass is 252 g/mol. The van der Waals surface area contributed by atoms with Gasteiger partial charge in [0, 0.05) is 44.1 Å². The van der Waals surface area contributed by atoms with Gasteiger partial charge in [0.1, 0.15) is 5.78 Å². The van der Waals surface area contributed by atoms with E-state index in [1.165, 1.54) is 0 Å². The van der Waals surface area contributed by atoms with Crippen molar-refractivity contribution in [2.45, 2.75) is 52.1 Å². The third kappa shape index (κ3) is 3.12. The van der Waals surface area contributed by atoms with Crippen LogP contribution in [-0.4, -0.2) is 54.3 Å². The van der Waals surface area contributed by atoms with Crippen LogP contribution in [0, 0.1) is 11.8 Å². The molecule has 0 amide bonds. The predicted molar refractivity (Wildman–Crippen MR) is 74.6 cm³/mol.